The molecular weight excluding hydrogens is 408 g/mol. The second kappa shape index (κ2) is 10.1. The Kier molecular flexibility index (Phi) is 7.82. The quantitative estimate of drug-likeness (QED) is 0.609. The van der Waals surface area contributed by atoms with Crippen LogP contribution in [0, 0.1) is 6.92 Å². The summed E-state index contributed by atoms with van der Waals surface area (Å²) in [6.45, 7) is 1.86. The summed E-state index contributed by atoms with van der Waals surface area (Å²) >= 11 is 0. The highest BCUT2D eigenvalue weighted by Gasteiger charge is 2.19. The number of methoxy groups -OCH3 is 2. The van der Waals surface area contributed by atoms with Crippen LogP contribution in [-0.2, 0) is 19.6 Å². The molecule has 0 heterocycles. The maximum Gasteiger partial charge on any atom is 0.338 e. The van der Waals surface area contributed by atoms with E-state index >= 15 is 0 Å². The lowest BCUT2D eigenvalue weighted by molar-refractivity contribution is -0.116. The lowest BCUT2D eigenvalue weighted by atomic mass is 10.1. The van der Waals surface area contributed by atoms with Crippen LogP contribution in [0.25, 0.3) is 0 Å². The van der Waals surface area contributed by atoms with Crippen LogP contribution in [0.5, 0.6) is 5.75 Å². The molecule has 0 saturated heterocycles. The molecule has 0 aliphatic heterocycles. The van der Waals surface area contributed by atoms with Crippen molar-refractivity contribution in [2.75, 3.05) is 36.6 Å². The van der Waals surface area contributed by atoms with E-state index < -0.39 is 16.0 Å². The molecule has 0 spiro atoms. The second-order valence-corrected chi connectivity index (χ2v) is 8.56. The molecule has 1 amide bonds. The number of carbonyl (C=O) groups excluding carboxylic acids is 2. The first-order valence-corrected chi connectivity index (χ1v) is 11.1. The summed E-state index contributed by atoms with van der Waals surface area (Å²) < 4.78 is 35.6. The van der Waals surface area contributed by atoms with E-state index in [1.807, 2.05) is 0 Å². The Balaban J connectivity index is 2.04. The van der Waals surface area contributed by atoms with E-state index in [9.17, 15) is 18.0 Å². The van der Waals surface area contributed by atoms with Gasteiger partial charge in [-0.3, -0.25) is 9.10 Å². The topological polar surface area (TPSA) is 102 Å². The molecule has 9 heteroatoms. The third-order valence-electron chi connectivity index (χ3n) is 4.52. The summed E-state index contributed by atoms with van der Waals surface area (Å²) in [7, 11) is -0.730. The van der Waals surface area contributed by atoms with Gasteiger partial charge >= 0.3 is 5.97 Å². The Morgan fingerprint density at radius 2 is 1.80 bits per heavy atom. The Bertz CT molecular complexity index is 1020. The molecule has 0 unspecified atom stereocenters. The predicted octanol–water partition coefficient (Wildman–Crippen LogP) is 2.98. The number of nitrogens with one attached hydrogen (secondary N) is 1. The molecule has 162 valence electrons. The van der Waals surface area contributed by atoms with Crippen molar-refractivity contribution < 1.29 is 27.5 Å². The Labute approximate surface area is 176 Å². The molecule has 0 saturated carbocycles. The van der Waals surface area contributed by atoms with Gasteiger partial charge in [0.2, 0.25) is 15.9 Å². The largest absolute Gasteiger partial charge is 0.497 e. The third kappa shape index (κ3) is 5.96. The van der Waals surface area contributed by atoms with Crippen LogP contribution in [-0.4, -0.2) is 47.3 Å². The van der Waals surface area contributed by atoms with Crippen LogP contribution >= 0.6 is 0 Å². The highest BCUT2D eigenvalue weighted by Crippen LogP contribution is 2.24. The summed E-state index contributed by atoms with van der Waals surface area (Å²) in [5.74, 6) is -0.218. The molecule has 1 N–H and O–H groups in total. The number of ether oxygens (including phenoxy) is 2. The number of anilines is 2. The molecule has 30 heavy (non-hydrogen) atoms. The summed E-state index contributed by atoms with van der Waals surface area (Å²) in [6.07, 6.45) is 1.54. The van der Waals surface area contributed by atoms with Gasteiger partial charge in [0, 0.05) is 24.7 Å². The monoisotopic (exact) mass is 434 g/mol. The van der Waals surface area contributed by atoms with Crippen LogP contribution in [0.3, 0.4) is 0 Å². The van der Waals surface area contributed by atoms with E-state index in [-0.39, 0.29) is 18.9 Å². The molecule has 2 aromatic carbocycles. The van der Waals surface area contributed by atoms with E-state index in [0.29, 0.717) is 34.7 Å². The molecule has 0 bridgehead atoms. The fraction of sp³-hybridized carbons (Fsp3) is 0.333. The molecule has 0 aromatic heterocycles. The first-order valence-electron chi connectivity index (χ1n) is 9.27. The van der Waals surface area contributed by atoms with Crippen molar-refractivity contribution in [3.8, 4) is 5.75 Å². The van der Waals surface area contributed by atoms with Gasteiger partial charge < -0.3 is 14.8 Å². The SMILES string of the molecule is COC(=O)c1cccc(NC(=O)CCCN(c2cccc(OC)c2)S(C)(=O)=O)c1C. The van der Waals surface area contributed by atoms with E-state index in [0.717, 1.165) is 6.26 Å². The van der Waals surface area contributed by atoms with Crippen molar-refractivity contribution in [1.82, 2.24) is 0 Å². The number of rotatable bonds is 9. The molecule has 0 aliphatic rings. The average molecular weight is 435 g/mol. The molecule has 0 atom stereocenters. The number of nitrogens with zero attached hydrogens (tertiary/aromatic N) is 1. The summed E-state index contributed by atoms with van der Waals surface area (Å²) in [6, 6.07) is 11.7. The predicted molar refractivity (Wildman–Crippen MR) is 116 cm³/mol. The van der Waals surface area contributed by atoms with Gasteiger partial charge in [-0.2, -0.15) is 0 Å². The molecule has 2 aromatic rings. The zero-order valence-electron chi connectivity index (χ0n) is 17.5. The molecule has 0 fully saturated rings. The summed E-state index contributed by atoms with van der Waals surface area (Å²) in [4.78, 5) is 24.2. The molecule has 0 radical (unpaired) electrons. The van der Waals surface area contributed by atoms with Crippen molar-refractivity contribution >= 4 is 33.3 Å². The van der Waals surface area contributed by atoms with Gasteiger partial charge in [0.05, 0.1) is 31.7 Å². The number of amides is 1. The zero-order valence-corrected chi connectivity index (χ0v) is 18.3. The standard InChI is InChI=1S/C21H26N2O6S/c1-15-18(21(25)29-3)10-6-11-19(15)22-20(24)12-7-13-23(30(4,26)27)16-8-5-9-17(14-16)28-2/h5-6,8-11,14H,7,12-13H2,1-4H3,(H,22,24). The second-order valence-electron chi connectivity index (χ2n) is 6.66. The minimum atomic E-state index is -3.53. The summed E-state index contributed by atoms with van der Waals surface area (Å²) in [5, 5.41) is 2.77. The number of hydrogen-bond acceptors (Lipinski definition) is 6. The van der Waals surface area contributed by atoms with E-state index in [1.165, 1.54) is 18.5 Å². The normalized spacial score (nSPS) is 10.9. The molecular formula is C21H26N2O6S. The number of carbonyl (C=O) groups is 2. The van der Waals surface area contributed by atoms with Crippen LogP contribution in [0.2, 0.25) is 0 Å². The Morgan fingerprint density at radius 3 is 2.43 bits per heavy atom. The lowest BCUT2D eigenvalue weighted by Crippen LogP contribution is -2.31. The van der Waals surface area contributed by atoms with Gasteiger partial charge in [-0.05, 0) is 43.2 Å². The summed E-state index contributed by atoms with van der Waals surface area (Å²) in [5.41, 5.74) is 1.96. The Morgan fingerprint density at radius 1 is 1.10 bits per heavy atom. The highest BCUT2D eigenvalue weighted by molar-refractivity contribution is 7.92. The van der Waals surface area contributed by atoms with Crippen molar-refractivity contribution in [3.63, 3.8) is 0 Å². The van der Waals surface area contributed by atoms with Crippen LogP contribution < -0.4 is 14.4 Å². The average Bonchev–Trinajstić information content (AvgIpc) is 2.71. The van der Waals surface area contributed by atoms with Gasteiger partial charge in [0.1, 0.15) is 5.75 Å². The van der Waals surface area contributed by atoms with E-state index in [4.69, 9.17) is 9.47 Å². The van der Waals surface area contributed by atoms with Crippen LogP contribution in [0.1, 0.15) is 28.8 Å². The number of hydrogen-bond donors (Lipinski definition) is 1. The minimum Gasteiger partial charge on any atom is -0.497 e. The molecule has 2 rings (SSSR count). The maximum atomic E-state index is 12.4. The van der Waals surface area contributed by atoms with Gasteiger partial charge in [-0.1, -0.05) is 12.1 Å². The van der Waals surface area contributed by atoms with Crippen molar-refractivity contribution in [1.29, 1.82) is 0 Å². The van der Waals surface area contributed by atoms with Gasteiger partial charge in [-0.15, -0.1) is 0 Å². The fourth-order valence-electron chi connectivity index (χ4n) is 2.95. The number of benzene rings is 2. The zero-order chi connectivity index (χ0) is 22.3. The van der Waals surface area contributed by atoms with Crippen molar-refractivity contribution in [2.24, 2.45) is 0 Å². The molecule has 0 aliphatic carbocycles. The van der Waals surface area contributed by atoms with Crippen molar-refractivity contribution in [2.45, 2.75) is 19.8 Å². The Hall–Kier alpha value is -3.07. The number of sulfonamides is 1. The van der Waals surface area contributed by atoms with Crippen LogP contribution in [0.4, 0.5) is 11.4 Å². The number of esters is 1. The first-order chi connectivity index (χ1) is 14.2. The third-order valence-corrected chi connectivity index (χ3v) is 5.71. The van der Waals surface area contributed by atoms with Crippen molar-refractivity contribution in [3.05, 3.63) is 53.6 Å². The van der Waals surface area contributed by atoms with E-state index in [1.54, 1.807) is 49.4 Å². The van der Waals surface area contributed by atoms with Gasteiger partial charge in [0.15, 0.2) is 0 Å². The van der Waals surface area contributed by atoms with E-state index in [2.05, 4.69) is 5.32 Å². The van der Waals surface area contributed by atoms with Gasteiger partial charge in [0.25, 0.3) is 0 Å². The fourth-order valence-corrected chi connectivity index (χ4v) is 3.91. The minimum absolute atomic E-state index is 0.109. The highest BCUT2D eigenvalue weighted by atomic mass is 32.2. The van der Waals surface area contributed by atoms with Crippen LogP contribution in [0.15, 0.2) is 42.5 Å². The smallest absolute Gasteiger partial charge is 0.338 e. The lowest BCUT2D eigenvalue weighted by Gasteiger charge is -2.22. The maximum absolute atomic E-state index is 12.4. The molecule has 8 nitrogen and oxygen atoms in total. The first kappa shape index (κ1) is 23.2. The van der Waals surface area contributed by atoms with Gasteiger partial charge in [-0.25, -0.2) is 13.2 Å².